The summed E-state index contributed by atoms with van der Waals surface area (Å²) in [6, 6.07) is -0.637. The standard InChI is InChI=1S/C10H12N2O3/c1-2-6-12-8(14)10(4-3-5-10)7(13)11-9(12)15/h2H,1,3-6H2,(H,11,13,15). The third kappa shape index (κ3) is 1.19. The van der Waals surface area contributed by atoms with Crippen LogP contribution in [-0.4, -0.2) is 29.3 Å². The molecule has 5 heteroatoms. The van der Waals surface area contributed by atoms with Crippen LogP contribution >= 0.6 is 0 Å². The minimum atomic E-state index is -0.961. The van der Waals surface area contributed by atoms with Gasteiger partial charge in [0.15, 0.2) is 0 Å². The first kappa shape index (κ1) is 9.89. The largest absolute Gasteiger partial charge is 0.331 e. The topological polar surface area (TPSA) is 66.5 Å². The molecule has 1 saturated heterocycles. The summed E-state index contributed by atoms with van der Waals surface area (Å²) in [5, 5.41) is 2.22. The van der Waals surface area contributed by atoms with Crippen molar-refractivity contribution < 1.29 is 14.4 Å². The highest BCUT2D eigenvalue weighted by atomic mass is 16.2. The molecule has 0 bridgehead atoms. The molecule has 0 aromatic rings. The molecule has 1 aliphatic heterocycles. The molecule has 5 nitrogen and oxygen atoms in total. The number of nitrogens with zero attached hydrogens (tertiary/aromatic N) is 1. The molecule has 1 N–H and O–H groups in total. The molecule has 1 saturated carbocycles. The monoisotopic (exact) mass is 208 g/mol. The van der Waals surface area contributed by atoms with Crippen LogP contribution in [0.1, 0.15) is 19.3 Å². The predicted molar refractivity (Wildman–Crippen MR) is 51.7 cm³/mol. The lowest BCUT2D eigenvalue weighted by molar-refractivity contribution is -0.157. The zero-order valence-electron chi connectivity index (χ0n) is 8.28. The van der Waals surface area contributed by atoms with Crippen LogP contribution in [0.3, 0.4) is 0 Å². The molecule has 4 amide bonds. The molecular weight excluding hydrogens is 196 g/mol. The summed E-state index contributed by atoms with van der Waals surface area (Å²) in [5.41, 5.74) is -0.961. The second kappa shape index (κ2) is 3.18. The van der Waals surface area contributed by atoms with E-state index in [-0.39, 0.29) is 12.5 Å². The third-order valence-electron chi connectivity index (χ3n) is 3.07. The fraction of sp³-hybridized carbons (Fsp3) is 0.500. The van der Waals surface area contributed by atoms with Gasteiger partial charge in [-0.25, -0.2) is 4.79 Å². The molecule has 2 fully saturated rings. The molecule has 15 heavy (non-hydrogen) atoms. The van der Waals surface area contributed by atoms with Gasteiger partial charge in [-0.2, -0.15) is 0 Å². The summed E-state index contributed by atoms with van der Waals surface area (Å²) in [7, 11) is 0. The minimum absolute atomic E-state index is 0.152. The number of carbonyl (C=O) groups excluding carboxylic acids is 3. The van der Waals surface area contributed by atoms with Gasteiger partial charge in [-0.15, -0.1) is 6.58 Å². The lowest BCUT2D eigenvalue weighted by atomic mass is 9.66. The van der Waals surface area contributed by atoms with E-state index >= 15 is 0 Å². The van der Waals surface area contributed by atoms with Crippen molar-refractivity contribution in [3.05, 3.63) is 12.7 Å². The van der Waals surface area contributed by atoms with E-state index in [1.165, 1.54) is 6.08 Å². The first-order valence-electron chi connectivity index (χ1n) is 4.90. The maximum absolute atomic E-state index is 11.9. The maximum Gasteiger partial charge on any atom is 0.331 e. The van der Waals surface area contributed by atoms with Crippen molar-refractivity contribution in [1.82, 2.24) is 10.2 Å². The Kier molecular flexibility index (Phi) is 2.10. The van der Waals surface area contributed by atoms with Crippen molar-refractivity contribution in [3.63, 3.8) is 0 Å². The lowest BCUT2D eigenvalue weighted by Crippen LogP contribution is -2.66. The first-order valence-corrected chi connectivity index (χ1v) is 4.90. The van der Waals surface area contributed by atoms with Crippen molar-refractivity contribution in [1.29, 1.82) is 0 Å². The molecule has 2 aliphatic rings. The molecular formula is C10H12N2O3. The second-order valence-electron chi connectivity index (χ2n) is 3.90. The number of imide groups is 2. The van der Waals surface area contributed by atoms with Gasteiger partial charge >= 0.3 is 6.03 Å². The number of hydrogen-bond donors (Lipinski definition) is 1. The van der Waals surface area contributed by atoms with Crippen molar-refractivity contribution >= 4 is 17.8 Å². The highest BCUT2D eigenvalue weighted by Crippen LogP contribution is 2.44. The van der Waals surface area contributed by atoms with Gasteiger partial charge in [0.1, 0.15) is 5.41 Å². The van der Waals surface area contributed by atoms with E-state index in [2.05, 4.69) is 11.9 Å². The minimum Gasteiger partial charge on any atom is -0.277 e. The SMILES string of the molecule is C=CCN1C(=O)NC(=O)C2(CCC2)C1=O. The molecule has 0 aromatic carbocycles. The summed E-state index contributed by atoms with van der Waals surface area (Å²) in [5.74, 6) is -0.813. The zero-order valence-corrected chi connectivity index (χ0v) is 8.28. The van der Waals surface area contributed by atoms with E-state index in [1.807, 2.05) is 0 Å². The Labute approximate surface area is 87.1 Å². The zero-order chi connectivity index (χ0) is 11.1. The van der Waals surface area contributed by atoms with Crippen LogP contribution in [0.15, 0.2) is 12.7 Å². The Bertz CT molecular complexity index is 358. The van der Waals surface area contributed by atoms with Crippen LogP contribution < -0.4 is 5.32 Å². The molecule has 0 unspecified atom stereocenters. The third-order valence-corrected chi connectivity index (χ3v) is 3.07. The maximum atomic E-state index is 11.9. The molecule has 1 heterocycles. The van der Waals surface area contributed by atoms with E-state index in [1.54, 1.807) is 0 Å². The average Bonchev–Trinajstić information content (AvgIpc) is 2.09. The molecule has 1 aliphatic carbocycles. The average molecular weight is 208 g/mol. The van der Waals surface area contributed by atoms with E-state index in [0.717, 1.165) is 11.3 Å². The molecule has 0 aromatic heterocycles. The van der Waals surface area contributed by atoms with Gasteiger partial charge in [0.2, 0.25) is 11.8 Å². The van der Waals surface area contributed by atoms with E-state index in [9.17, 15) is 14.4 Å². The molecule has 2 rings (SSSR count). The highest BCUT2D eigenvalue weighted by molar-refractivity contribution is 6.19. The summed E-state index contributed by atoms with van der Waals surface area (Å²) in [6.07, 6.45) is 3.41. The van der Waals surface area contributed by atoms with Crippen LogP contribution in [-0.2, 0) is 9.59 Å². The van der Waals surface area contributed by atoms with E-state index in [0.29, 0.717) is 12.8 Å². The number of carbonyl (C=O) groups is 3. The Hall–Kier alpha value is -1.65. The number of rotatable bonds is 2. The number of amides is 4. The highest BCUT2D eigenvalue weighted by Gasteiger charge is 2.56. The van der Waals surface area contributed by atoms with E-state index < -0.39 is 17.4 Å². The smallest absolute Gasteiger partial charge is 0.277 e. The van der Waals surface area contributed by atoms with Gasteiger partial charge in [0, 0.05) is 6.54 Å². The summed E-state index contributed by atoms with van der Waals surface area (Å²) in [6.45, 7) is 3.63. The summed E-state index contributed by atoms with van der Waals surface area (Å²) >= 11 is 0. The van der Waals surface area contributed by atoms with Gasteiger partial charge in [-0.1, -0.05) is 12.5 Å². The Balaban J connectivity index is 2.28. The quantitative estimate of drug-likeness (QED) is 0.528. The fourth-order valence-corrected chi connectivity index (χ4v) is 2.00. The normalized spacial score (nSPS) is 23.7. The first-order chi connectivity index (χ1) is 7.12. The van der Waals surface area contributed by atoms with Crippen molar-refractivity contribution in [2.45, 2.75) is 19.3 Å². The molecule has 1 spiro atoms. The molecule has 0 atom stereocenters. The number of nitrogens with one attached hydrogen (secondary N) is 1. The number of hydrogen-bond acceptors (Lipinski definition) is 3. The van der Waals surface area contributed by atoms with Crippen molar-refractivity contribution in [2.24, 2.45) is 5.41 Å². The second-order valence-corrected chi connectivity index (χ2v) is 3.90. The Morgan fingerprint density at radius 1 is 1.40 bits per heavy atom. The van der Waals surface area contributed by atoms with Gasteiger partial charge in [0.25, 0.3) is 0 Å². The van der Waals surface area contributed by atoms with Gasteiger partial charge in [-0.3, -0.25) is 19.8 Å². The molecule has 0 radical (unpaired) electrons. The summed E-state index contributed by atoms with van der Waals surface area (Å²) < 4.78 is 0. The van der Waals surface area contributed by atoms with Crippen LogP contribution in [0.4, 0.5) is 4.79 Å². The van der Waals surface area contributed by atoms with Crippen molar-refractivity contribution in [3.8, 4) is 0 Å². The Morgan fingerprint density at radius 3 is 2.53 bits per heavy atom. The van der Waals surface area contributed by atoms with Crippen LogP contribution in [0.2, 0.25) is 0 Å². The van der Waals surface area contributed by atoms with Crippen LogP contribution in [0.5, 0.6) is 0 Å². The predicted octanol–water partition coefficient (Wildman–Crippen LogP) is 0.421. The Morgan fingerprint density at radius 2 is 2.07 bits per heavy atom. The van der Waals surface area contributed by atoms with Gasteiger partial charge in [-0.05, 0) is 12.8 Å². The number of barbiturate groups is 1. The fourth-order valence-electron chi connectivity index (χ4n) is 2.00. The van der Waals surface area contributed by atoms with Crippen molar-refractivity contribution in [2.75, 3.05) is 6.54 Å². The lowest BCUT2D eigenvalue weighted by Gasteiger charge is -2.44. The van der Waals surface area contributed by atoms with Gasteiger partial charge < -0.3 is 0 Å². The van der Waals surface area contributed by atoms with Gasteiger partial charge in [0.05, 0.1) is 0 Å². The number of urea groups is 1. The molecule has 80 valence electrons. The summed E-state index contributed by atoms with van der Waals surface area (Å²) in [4.78, 5) is 35.9. The van der Waals surface area contributed by atoms with Crippen LogP contribution in [0, 0.1) is 5.41 Å². The van der Waals surface area contributed by atoms with E-state index in [4.69, 9.17) is 0 Å². The van der Waals surface area contributed by atoms with Crippen LogP contribution in [0.25, 0.3) is 0 Å².